The number of nitro benzene ring substituents is 2. The molecule has 11 nitrogen and oxygen atoms in total. The summed E-state index contributed by atoms with van der Waals surface area (Å²) in [6.07, 6.45) is 1.16. The van der Waals surface area contributed by atoms with Gasteiger partial charge in [-0.25, -0.2) is 9.69 Å². The van der Waals surface area contributed by atoms with Crippen LogP contribution in [0.3, 0.4) is 0 Å². The van der Waals surface area contributed by atoms with Gasteiger partial charge in [-0.1, -0.05) is 6.07 Å². The Morgan fingerprint density at radius 2 is 1.54 bits per heavy atom. The number of carbonyl (C=O) groups is 3. The molecule has 4 amide bonds. The minimum Gasteiger partial charge on any atom is -0.273 e. The van der Waals surface area contributed by atoms with Crippen molar-refractivity contribution in [1.29, 1.82) is 0 Å². The lowest BCUT2D eigenvalue weighted by molar-refractivity contribution is -0.385. The van der Waals surface area contributed by atoms with Crippen molar-refractivity contribution in [2.75, 3.05) is 4.90 Å². The number of benzene rings is 2. The lowest BCUT2D eigenvalue weighted by Crippen LogP contribution is -2.54. The molecule has 0 saturated carbocycles. The molecule has 0 radical (unpaired) electrons. The van der Waals surface area contributed by atoms with Gasteiger partial charge in [-0.2, -0.15) is 0 Å². The molecule has 0 unspecified atom stereocenters. The van der Waals surface area contributed by atoms with Crippen molar-refractivity contribution >= 4 is 41.0 Å². The Morgan fingerprint density at radius 1 is 0.893 bits per heavy atom. The van der Waals surface area contributed by atoms with Crippen LogP contribution in [0.15, 0.2) is 54.1 Å². The maximum atomic E-state index is 12.7. The Balaban J connectivity index is 1.99. The van der Waals surface area contributed by atoms with Gasteiger partial charge >= 0.3 is 6.03 Å². The topological polar surface area (TPSA) is 153 Å². The minimum absolute atomic E-state index is 0.0844. The van der Waals surface area contributed by atoms with E-state index in [9.17, 15) is 34.6 Å². The molecule has 0 bridgehead atoms. The number of urea groups is 1. The standard InChI is InChI=1S/C17H10N4O7/c22-15-14(8-10-4-6-11(7-5-10)20(25)26)16(23)19(17(24)18-15)12-2-1-3-13(9-12)21(27)28/h1-9H,(H,18,22,24)/b14-8+. The maximum Gasteiger partial charge on any atom is 0.335 e. The van der Waals surface area contributed by atoms with E-state index in [4.69, 9.17) is 0 Å². The zero-order chi connectivity index (χ0) is 20.4. The molecule has 1 fully saturated rings. The van der Waals surface area contributed by atoms with Gasteiger partial charge in [0.2, 0.25) is 0 Å². The van der Waals surface area contributed by atoms with Gasteiger partial charge in [-0.3, -0.25) is 35.1 Å². The molecule has 0 spiro atoms. The number of hydrogen-bond donors (Lipinski definition) is 1. The lowest BCUT2D eigenvalue weighted by atomic mass is 10.1. The molecule has 3 rings (SSSR count). The number of barbiturate groups is 1. The van der Waals surface area contributed by atoms with E-state index in [0.29, 0.717) is 10.5 Å². The van der Waals surface area contributed by atoms with E-state index >= 15 is 0 Å². The van der Waals surface area contributed by atoms with Crippen molar-refractivity contribution < 1.29 is 24.2 Å². The van der Waals surface area contributed by atoms with Crippen molar-refractivity contribution in [3.63, 3.8) is 0 Å². The molecular formula is C17H10N4O7. The van der Waals surface area contributed by atoms with Gasteiger partial charge in [0.05, 0.1) is 15.5 Å². The van der Waals surface area contributed by atoms with Crippen LogP contribution in [0, 0.1) is 20.2 Å². The van der Waals surface area contributed by atoms with Crippen LogP contribution in [0.5, 0.6) is 0 Å². The van der Waals surface area contributed by atoms with Crippen LogP contribution in [-0.2, 0) is 9.59 Å². The van der Waals surface area contributed by atoms with Crippen LogP contribution in [-0.4, -0.2) is 27.7 Å². The highest BCUT2D eigenvalue weighted by molar-refractivity contribution is 6.39. The summed E-state index contributed by atoms with van der Waals surface area (Å²) in [5, 5.41) is 23.6. The van der Waals surface area contributed by atoms with Crippen LogP contribution in [0.25, 0.3) is 6.08 Å². The smallest absolute Gasteiger partial charge is 0.273 e. The summed E-state index contributed by atoms with van der Waals surface area (Å²) in [5.74, 6) is -1.93. The average molecular weight is 382 g/mol. The number of amides is 4. The zero-order valence-electron chi connectivity index (χ0n) is 13.9. The molecule has 0 aliphatic carbocycles. The highest BCUT2D eigenvalue weighted by atomic mass is 16.6. The van der Waals surface area contributed by atoms with Crippen molar-refractivity contribution in [2.24, 2.45) is 0 Å². The van der Waals surface area contributed by atoms with Gasteiger partial charge in [0, 0.05) is 24.3 Å². The van der Waals surface area contributed by atoms with Crippen LogP contribution < -0.4 is 10.2 Å². The summed E-state index contributed by atoms with van der Waals surface area (Å²) in [6.45, 7) is 0. The summed E-state index contributed by atoms with van der Waals surface area (Å²) in [4.78, 5) is 57.8. The van der Waals surface area contributed by atoms with E-state index in [-0.39, 0.29) is 17.1 Å². The van der Waals surface area contributed by atoms with E-state index in [1.54, 1.807) is 0 Å². The van der Waals surface area contributed by atoms with Gasteiger partial charge in [0.25, 0.3) is 23.2 Å². The highest BCUT2D eigenvalue weighted by Crippen LogP contribution is 2.25. The van der Waals surface area contributed by atoms with Crippen LogP contribution in [0.4, 0.5) is 21.9 Å². The van der Waals surface area contributed by atoms with E-state index in [1.165, 1.54) is 42.5 Å². The molecule has 2 aromatic carbocycles. The second kappa shape index (κ2) is 7.07. The number of rotatable bonds is 4. The third kappa shape index (κ3) is 3.44. The summed E-state index contributed by atoms with van der Waals surface area (Å²) in [5.41, 5.74) is -0.679. The van der Waals surface area contributed by atoms with Crippen molar-refractivity contribution in [1.82, 2.24) is 5.32 Å². The first-order chi connectivity index (χ1) is 13.3. The third-order valence-electron chi connectivity index (χ3n) is 3.82. The molecule has 2 aromatic rings. The van der Waals surface area contributed by atoms with Crippen molar-refractivity contribution in [2.45, 2.75) is 0 Å². The minimum atomic E-state index is -1.05. The Labute approximate surface area is 156 Å². The van der Waals surface area contributed by atoms with Crippen LogP contribution >= 0.6 is 0 Å². The quantitative estimate of drug-likeness (QED) is 0.368. The van der Waals surface area contributed by atoms with Crippen molar-refractivity contribution in [3.05, 3.63) is 79.9 Å². The molecule has 1 aliphatic rings. The molecule has 0 atom stereocenters. The third-order valence-corrected chi connectivity index (χ3v) is 3.82. The van der Waals surface area contributed by atoms with E-state index in [1.807, 2.05) is 5.32 Å². The lowest BCUT2D eigenvalue weighted by Gasteiger charge is -2.26. The molecule has 1 N–H and O–H groups in total. The molecule has 1 saturated heterocycles. The van der Waals surface area contributed by atoms with E-state index < -0.39 is 33.3 Å². The first-order valence-corrected chi connectivity index (χ1v) is 7.68. The Bertz CT molecular complexity index is 1060. The number of hydrogen-bond acceptors (Lipinski definition) is 7. The highest BCUT2D eigenvalue weighted by Gasteiger charge is 2.37. The van der Waals surface area contributed by atoms with Crippen LogP contribution in [0.2, 0.25) is 0 Å². The molecule has 28 heavy (non-hydrogen) atoms. The van der Waals surface area contributed by atoms with Crippen molar-refractivity contribution in [3.8, 4) is 0 Å². The predicted octanol–water partition coefficient (Wildman–Crippen LogP) is 2.17. The molecule has 11 heteroatoms. The van der Waals surface area contributed by atoms with Crippen LogP contribution in [0.1, 0.15) is 5.56 Å². The van der Waals surface area contributed by atoms with Gasteiger partial charge in [0.1, 0.15) is 5.57 Å². The van der Waals surface area contributed by atoms with Gasteiger partial charge < -0.3 is 0 Å². The molecule has 140 valence electrons. The zero-order valence-corrected chi connectivity index (χ0v) is 13.9. The Hall–Kier alpha value is -4.41. The molecular weight excluding hydrogens is 372 g/mol. The first-order valence-electron chi connectivity index (χ1n) is 7.68. The fraction of sp³-hybridized carbons (Fsp3) is 0. The second-order valence-electron chi connectivity index (χ2n) is 5.58. The summed E-state index contributed by atoms with van der Waals surface area (Å²) >= 11 is 0. The number of imide groups is 2. The second-order valence-corrected chi connectivity index (χ2v) is 5.58. The van der Waals surface area contributed by atoms with E-state index in [2.05, 4.69) is 0 Å². The number of nitrogens with one attached hydrogen (secondary N) is 1. The molecule has 1 heterocycles. The summed E-state index contributed by atoms with van der Waals surface area (Å²) < 4.78 is 0. The number of carbonyl (C=O) groups excluding carboxylic acids is 3. The Morgan fingerprint density at radius 3 is 2.14 bits per heavy atom. The Kier molecular flexibility index (Phi) is 4.64. The number of anilines is 1. The number of non-ortho nitro benzene ring substituents is 2. The number of nitrogens with zero attached hydrogens (tertiary/aromatic N) is 3. The number of nitro groups is 2. The van der Waals surface area contributed by atoms with E-state index in [0.717, 1.165) is 12.1 Å². The van der Waals surface area contributed by atoms with Gasteiger partial charge in [0.15, 0.2) is 0 Å². The normalized spacial score (nSPS) is 15.5. The summed E-state index contributed by atoms with van der Waals surface area (Å²) in [6, 6.07) is 8.83. The SMILES string of the molecule is O=C1NC(=O)N(c2cccc([N+](=O)[O-])c2)C(=O)/C1=C/c1ccc([N+](=O)[O-])cc1. The average Bonchev–Trinajstić information content (AvgIpc) is 2.65. The fourth-order valence-corrected chi connectivity index (χ4v) is 2.50. The first kappa shape index (κ1) is 18.4. The summed E-state index contributed by atoms with van der Waals surface area (Å²) in [7, 11) is 0. The predicted molar refractivity (Wildman–Crippen MR) is 95.2 cm³/mol. The van der Waals surface area contributed by atoms with Gasteiger partial charge in [-0.05, 0) is 29.8 Å². The molecule has 0 aromatic heterocycles. The van der Waals surface area contributed by atoms with Gasteiger partial charge in [-0.15, -0.1) is 0 Å². The largest absolute Gasteiger partial charge is 0.335 e. The maximum absolute atomic E-state index is 12.7. The fourth-order valence-electron chi connectivity index (χ4n) is 2.50. The monoisotopic (exact) mass is 382 g/mol. The molecule has 1 aliphatic heterocycles.